The summed E-state index contributed by atoms with van der Waals surface area (Å²) in [6, 6.07) is 0. The van der Waals surface area contributed by atoms with Gasteiger partial charge in [-0.2, -0.15) is 0 Å². The Labute approximate surface area is 52.7 Å². The van der Waals surface area contributed by atoms with E-state index in [-0.39, 0.29) is 0 Å². The zero-order valence-corrected chi connectivity index (χ0v) is 5.19. The maximum atomic E-state index is 5.16. The molecule has 0 unspecified atom stereocenters. The van der Waals surface area contributed by atoms with Crippen molar-refractivity contribution in [1.29, 1.82) is 0 Å². The summed E-state index contributed by atoms with van der Waals surface area (Å²) < 4.78 is 0. The molecule has 0 fully saturated rings. The van der Waals surface area contributed by atoms with Crippen LogP contribution in [0, 0.1) is 6.58 Å². The monoisotopic (exact) mass is 124 g/mol. The van der Waals surface area contributed by atoms with Crippen LogP contribution in [0.4, 0.5) is 0 Å². The first-order chi connectivity index (χ1) is 3.93. The normalized spacial score (nSPS) is 9.00. The Morgan fingerprint density at radius 3 is 3.25 bits per heavy atom. The van der Waals surface area contributed by atoms with Crippen LogP contribution in [0.2, 0.25) is 0 Å². The Kier molecular flexibility index (Phi) is 1.80. The molecule has 0 aliphatic carbocycles. The summed E-state index contributed by atoms with van der Waals surface area (Å²) in [5, 5.41) is 3.02. The maximum Gasteiger partial charge on any atom is 0.0962 e. The fourth-order valence-corrected chi connectivity index (χ4v) is 1.05. The lowest BCUT2D eigenvalue weighted by molar-refractivity contribution is 1.19. The van der Waals surface area contributed by atoms with Crippen LogP contribution in [0.3, 0.4) is 0 Å². The summed E-state index contributed by atoms with van der Waals surface area (Å²) in [7, 11) is 0. The summed E-state index contributed by atoms with van der Waals surface area (Å²) >= 11 is 1.63. The molecule has 1 nitrogen and oxygen atoms in total. The highest BCUT2D eigenvalue weighted by Gasteiger charge is 1.86. The molecule has 0 aromatic carbocycles. The van der Waals surface area contributed by atoms with Crippen molar-refractivity contribution in [2.24, 2.45) is 0 Å². The minimum absolute atomic E-state index is 0.789. The minimum atomic E-state index is 0.789. The highest BCUT2D eigenvalue weighted by atomic mass is 32.1. The van der Waals surface area contributed by atoms with Crippen molar-refractivity contribution in [2.45, 2.75) is 6.42 Å². The van der Waals surface area contributed by atoms with Crippen molar-refractivity contribution in [3.05, 3.63) is 29.2 Å². The van der Waals surface area contributed by atoms with E-state index in [2.05, 4.69) is 4.98 Å². The maximum absolute atomic E-state index is 5.16. The Morgan fingerprint density at radius 2 is 2.75 bits per heavy atom. The van der Waals surface area contributed by atoms with Gasteiger partial charge in [0.2, 0.25) is 0 Å². The zero-order chi connectivity index (χ0) is 5.82. The Hall–Kier alpha value is -0.630. The van der Waals surface area contributed by atoms with Gasteiger partial charge in [0.1, 0.15) is 0 Å². The Morgan fingerprint density at radius 1 is 1.88 bits per heavy atom. The largest absolute Gasteiger partial charge is 0.249 e. The van der Waals surface area contributed by atoms with Gasteiger partial charge in [0.05, 0.1) is 5.01 Å². The number of hydrogen-bond acceptors (Lipinski definition) is 2. The third kappa shape index (κ3) is 1.17. The second kappa shape index (κ2) is 2.62. The van der Waals surface area contributed by atoms with Crippen LogP contribution in [0.5, 0.6) is 0 Å². The molecule has 41 valence electrons. The molecule has 1 aromatic rings. The van der Waals surface area contributed by atoms with Crippen molar-refractivity contribution in [2.75, 3.05) is 0 Å². The molecular weight excluding hydrogens is 118 g/mol. The number of hydrogen-bond donors (Lipinski definition) is 0. The molecule has 1 aromatic heterocycles. The lowest BCUT2D eigenvalue weighted by Crippen LogP contribution is -1.73. The van der Waals surface area contributed by atoms with Crippen molar-refractivity contribution < 1.29 is 0 Å². The van der Waals surface area contributed by atoms with E-state index in [1.165, 1.54) is 0 Å². The van der Waals surface area contributed by atoms with Crippen LogP contribution in [-0.4, -0.2) is 4.98 Å². The molecule has 2 heteroatoms. The van der Waals surface area contributed by atoms with Gasteiger partial charge < -0.3 is 0 Å². The Balaban J connectivity index is 2.62. The molecule has 0 N–H and O–H groups in total. The SMILES string of the molecule is [CH]=CCc1nccs1. The standard InChI is InChI=1S/C6H6NS/c1-2-3-6-7-4-5-8-6/h1-2,4-5H,3H2. The van der Waals surface area contributed by atoms with Crippen LogP contribution in [0.25, 0.3) is 0 Å². The van der Waals surface area contributed by atoms with Gasteiger partial charge >= 0.3 is 0 Å². The molecular formula is C6H6NS. The topological polar surface area (TPSA) is 12.9 Å². The van der Waals surface area contributed by atoms with E-state index in [1.807, 2.05) is 5.38 Å². The van der Waals surface area contributed by atoms with Crippen molar-refractivity contribution in [3.63, 3.8) is 0 Å². The third-order valence-electron chi connectivity index (χ3n) is 0.776. The van der Waals surface area contributed by atoms with Gasteiger partial charge in [-0.1, -0.05) is 12.7 Å². The van der Waals surface area contributed by atoms with Gasteiger partial charge in [-0.05, 0) is 0 Å². The number of thiazole rings is 1. The average molecular weight is 124 g/mol. The molecule has 1 heterocycles. The van der Waals surface area contributed by atoms with E-state index < -0.39 is 0 Å². The van der Waals surface area contributed by atoms with E-state index >= 15 is 0 Å². The van der Waals surface area contributed by atoms with Gasteiger partial charge in [-0.15, -0.1) is 11.3 Å². The van der Waals surface area contributed by atoms with Crippen LogP contribution in [0.1, 0.15) is 5.01 Å². The van der Waals surface area contributed by atoms with Crippen LogP contribution in [0.15, 0.2) is 17.7 Å². The first-order valence-electron chi connectivity index (χ1n) is 2.35. The average Bonchev–Trinajstić information content (AvgIpc) is 2.19. The van der Waals surface area contributed by atoms with E-state index in [0.717, 1.165) is 11.4 Å². The number of rotatable bonds is 2. The number of nitrogens with zero attached hydrogens (tertiary/aromatic N) is 1. The van der Waals surface area contributed by atoms with Gasteiger partial charge in [-0.3, -0.25) is 0 Å². The molecule has 0 amide bonds. The highest BCUT2D eigenvalue weighted by molar-refractivity contribution is 7.09. The summed E-state index contributed by atoms with van der Waals surface area (Å²) in [5.41, 5.74) is 0. The fourth-order valence-electron chi connectivity index (χ4n) is 0.455. The van der Waals surface area contributed by atoms with Crippen LogP contribution in [-0.2, 0) is 6.42 Å². The second-order valence-corrected chi connectivity index (χ2v) is 2.34. The van der Waals surface area contributed by atoms with Crippen molar-refractivity contribution in [1.82, 2.24) is 4.98 Å². The van der Waals surface area contributed by atoms with Crippen LogP contribution >= 0.6 is 11.3 Å². The highest BCUT2D eigenvalue weighted by Crippen LogP contribution is 2.03. The van der Waals surface area contributed by atoms with Crippen molar-refractivity contribution >= 4 is 11.3 Å². The quantitative estimate of drug-likeness (QED) is 0.584. The lowest BCUT2D eigenvalue weighted by Gasteiger charge is -1.79. The smallest absolute Gasteiger partial charge is 0.0962 e. The Bertz CT molecular complexity index is 155. The number of aromatic nitrogens is 1. The first kappa shape index (κ1) is 5.51. The number of allylic oxidation sites excluding steroid dienone is 1. The van der Waals surface area contributed by atoms with E-state index in [4.69, 9.17) is 6.58 Å². The van der Waals surface area contributed by atoms with Gasteiger partial charge in [0.25, 0.3) is 0 Å². The second-order valence-electron chi connectivity index (χ2n) is 1.37. The zero-order valence-electron chi connectivity index (χ0n) is 4.37. The van der Waals surface area contributed by atoms with E-state index in [1.54, 1.807) is 23.6 Å². The molecule has 0 spiro atoms. The first-order valence-corrected chi connectivity index (χ1v) is 3.23. The summed E-state index contributed by atoms with van der Waals surface area (Å²) in [5.74, 6) is 0. The van der Waals surface area contributed by atoms with Gasteiger partial charge in [-0.25, -0.2) is 4.98 Å². The molecule has 0 aliphatic heterocycles. The summed E-state index contributed by atoms with van der Waals surface area (Å²) in [6.45, 7) is 5.16. The van der Waals surface area contributed by atoms with E-state index in [0.29, 0.717) is 0 Å². The molecule has 0 saturated heterocycles. The molecule has 1 rings (SSSR count). The molecule has 0 bridgehead atoms. The van der Waals surface area contributed by atoms with Crippen LogP contribution < -0.4 is 0 Å². The molecule has 0 saturated carbocycles. The predicted molar refractivity (Wildman–Crippen MR) is 34.7 cm³/mol. The molecule has 1 radical (unpaired) electrons. The molecule has 0 atom stereocenters. The summed E-state index contributed by atoms with van der Waals surface area (Å²) in [4.78, 5) is 4.01. The van der Waals surface area contributed by atoms with Crippen molar-refractivity contribution in [3.8, 4) is 0 Å². The van der Waals surface area contributed by atoms with Gasteiger partial charge in [0.15, 0.2) is 0 Å². The minimum Gasteiger partial charge on any atom is -0.249 e. The van der Waals surface area contributed by atoms with Gasteiger partial charge in [0, 0.05) is 18.0 Å². The lowest BCUT2D eigenvalue weighted by atomic mass is 10.4. The third-order valence-corrected chi connectivity index (χ3v) is 1.58. The predicted octanol–water partition coefficient (Wildman–Crippen LogP) is 1.67. The molecule has 8 heavy (non-hydrogen) atoms. The van der Waals surface area contributed by atoms with E-state index in [9.17, 15) is 0 Å². The fraction of sp³-hybridized carbons (Fsp3) is 0.167. The summed E-state index contributed by atoms with van der Waals surface area (Å²) in [6.07, 6.45) is 4.18. The molecule has 0 aliphatic rings.